The standard InChI is InChI=1S/C14H13IO3S/c1-17-12-4-3-9(6-13(12)18-2)5-11(16)10-7-14(15)19-8-10/h3-4,6-8H,5H2,1-2H3. The first kappa shape index (κ1) is 14.3. The quantitative estimate of drug-likeness (QED) is 0.578. The van der Waals surface area contributed by atoms with Gasteiger partial charge in [0.1, 0.15) is 0 Å². The monoisotopic (exact) mass is 388 g/mol. The summed E-state index contributed by atoms with van der Waals surface area (Å²) >= 11 is 3.79. The second kappa shape index (κ2) is 6.38. The molecule has 2 aromatic rings. The number of methoxy groups -OCH3 is 2. The summed E-state index contributed by atoms with van der Waals surface area (Å²) in [6.45, 7) is 0. The highest BCUT2D eigenvalue weighted by atomic mass is 127. The Labute approximate surface area is 129 Å². The third kappa shape index (κ3) is 3.48. The first-order chi connectivity index (χ1) is 9.13. The van der Waals surface area contributed by atoms with Crippen LogP contribution in [0.2, 0.25) is 0 Å². The Morgan fingerprint density at radius 2 is 1.95 bits per heavy atom. The molecule has 0 amide bonds. The Balaban J connectivity index is 2.17. The molecule has 3 nitrogen and oxygen atoms in total. The molecule has 1 heterocycles. The average molecular weight is 388 g/mol. The minimum atomic E-state index is 0.117. The number of ketones is 1. The molecule has 100 valence electrons. The minimum Gasteiger partial charge on any atom is -0.493 e. The van der Waals surface area contributed by atoms with Crippen molar-refractivity contribution in [2.24, 2.45) is 0 Å². The minimum absolute atomic E-state index is 0.117. The summed E-state index contributed by atoms with van der Waals surface area (Å²) in [7, 11) is 3.18. The van der Waals surface area contributed by atoms with Crippen LogP contribution in [-0.4, -0.2) is 20.0 Å². The highest BCUT2D eigenvalue weighted by Gasteiger charge is 2.11. The van der Waals surface area contributed by atoms with Gasteiger partial charge < -0.3 is 9.47 Å². The molecule has 0 aliphatic heterocycles. The third-order valence-corrected chi connectivity index (χ3v) is 4.49. The van der Waals surface area contributed by atoms with E-state index >= 15 is 0 Å². The smallest absolute Gasteiger partial charge is 0.168 e. The van der Waals surface area contributed by atoms with Gasteiger partial charge >= 0.3 is 0 Å². The van der Waals surface area contributed by atoms with Crippen LogP contribution in [0.1, 0.15) is 15.9 Å². The van der Waals surface area contributed by atoms with Crippen molar-refractivity contribution in [3.63, 3.8) is 0 Å². The Bertz CT molecular complexity index is 592. The van der Waals surface area contributed by atoms with Crippen LogP contribution in [0.25, 0.3) is 0 Å². The molecule has 5 heteroatoms. The fourth-order valence-electron chi connectivity index (χ4n) is 1.73. The zero-order chi connectivity index (χ0) is 13.8. The molecular weight excluding hydrogens is 375 g/mol. The topological polar surface area (TPSA) is 35.5 Å². The lowest BCUT2D eigenvalue weighted by Gasteiger charge is -2.09. The van der Waals surface area contributed by atoms with Crippen molar-refractivity contribution in [1.29, 1.82) is 0 Å². The van der Waals surface area contributed by atoms with E-state index in [1.54, 1.807) is 25.6 Å². The maximum atomic E-state index is 12.1. The second-order valence-electron chi connectivity index (χ2n) is 3.93. The number of hydrogen-bond acceptors (Lipinski definition) is 4. The van der Waals surface area contributed by atoms with Crippen molar-refractivity contribution >= 4 is 39.7 Å². The van der Waals surface area contributed by atoms with Crippen molar-refractivity contribution in [3.05, 3.63) is 43.7 Å². The van der Waals surface area contributed by atoms with Gasteiger partial charge in [-0.05, 0) is 46.4 Å². The summed E-state index contributed by atoms with van der Waals surface area (Å²) in [6, 6.07) is 7.46. The van der Waals surface area contributed by atoms with Gasteiger partial charge in [-0.2, -0.15) is 0 Å². The van der Waals surface area contributed by atoms with Gasteiger partial charge in [0.2, 0.25) is 0 Å². The van der Waals surface area contributed by atoms with E-state index in [0.29, 0.717) is 17.9 Å². The third-order valence-electron chi connectivity index (χ3n) is 2.70. The molecule has 1 aromatic heterocycles. The number of ether oxygens (including phenoxy) is 2. The second-order valence-corrected chi connectivity index (χ2v) is 6.73. The maximum absolute atomic E-state index is 12.1. The molecule has 0 saturated heterocycles. The predicted octanol–water partition coefficient (Wildman–Crippen LogP) is 3.80. The van der Waals surface area contributed by atoms with E-state index in [1.165, 1.54) is 0 Å². The molecule has 0 saturated carbocycles. The molecule has 0 bridgehead atoms. The molecule has 0 aliphatic rings. The Morgan fingerprint density at radius 3 is 2.53 bits per heavy atom. The van der Waals surface area contributed by atoms with Gasteiger partial charge in [0.15, 0.2) is 17.3 Å². The maximum Gasteiger partial charge on any atom is 0.168 e. The number of benzene rings is 1. The van der Waals surface area contributed by atoms with Crippen molar-refractivity contribution in [2.45, 2.75) is 6.42 Å². The van der Waals surface area contributed by atoms with Crippen LogP contribution < -0.4 is 9.47 Å². The molecule has 2 rings (SSSR count). The fraction of sp³-hybridized carbons (Fsp3) is 0.214. The van der Waals surface area contributed by atoms with Gasteiger partial charge in [-0.15, -0.1) is 11.3 Å². The number of rotatable bonds is 5. The van der Waals surface area contributed by atoms with Gasteiger partial charge in [-0.1, -0.05) is 6.07 Å². The lowest BCUT2D eigenvalue weighted by molar-refractivity contribution is 0.0993. The molecule has 0 spiro atoms. The van der Waals surface area contributed by atoms with Crippen molar-refractivity contribution in [2.75, 3.05) is 14.2 Å². The molecule has 0 fully saturated rings. The van der Waals surface area contributed by atoms with Crippen LogP contribution in [0.4, 0.5) is 0 Å². The van der Waals surface area contributed by atoms with Gasteiger partial charge in [0.25, 0.3) is 0 Å². The molecule has 0 atom stereocenters. The number of carbonyl (C=O) groups excluding carboxylic acids is 1. The summed E-state index contributed by atoms with van der Waals surface area (Å²) in [5, 5.41) is 1.89. The summed E-state index contributed by atoms with van der Waals surface area (Å²) < 4.78 is 11.5. The number of thiophene rings is 1. The summed E-state index contributed by atoms with van der Waals surface area (Å²) in [5.74, 6) is 1.43. The van der Waals surface area contributed by atoms with Gasteiger partial charge in [0.05, 0.1) is 17.1 Å². The lowest BCUT2D eigenvalue weighted by Crippen LogP contribution is -2.02. The van der Waals surface area contributed by atoms with E-state index in [2.05, 4.69) is 22.6 Å². The Morgan fingerprint density at radius 1 is 1.21 bits per heavy atom. The fourth-order valence-corrected chi connectivity index (χ4v) is 3.09. The molecule has 0 unspecified atom stereocenters. The Hall–Kier alpha value is -1.08. The van der Waals surface area contributed by atoms with Crippen LogP contribution in [0.3, 0.4) is 0 Å². The predicted molar refractivity (Wildman–Crippen MR) is 84.6 cm³/mol. The molecule has 1 aromatic carbocycles. The van der Waals surface area contributed by atoms with E-state index in [9.17, 15) is 4.79 Å². The van der Waals surface area contributed by atoms with Crippen molar-refractivity contribution in [3.8, 4) is 11.5 Å². The van der Waals surface area contributed by atoms with Crippen molar-refractivity contribution < 1.29 is 14.3 Å². The molecular formula is C14H13IO3S. The number of halogens is 1. The van der Waals surface area contributed by atoms with E-state index < -0.39 is 0 Å². The zero-order valence-corrected chi connectivity index (χ0v) is 13.6. The summed E-state index contributed by atoms with van der Waals surface area (Å²) in [5.41, 5.74) is 1.69. The van der Waals surface area contributed by atoms with E-state index in [0.717, 1.165) is 14.0 Å². The molecule has 0 aliphatic carbocycles. The van der Waals surface area contributed by atoms with Crippen molar-refractivity contribution in [1.82, 2.24) is 0 Å². The van der Waals surface area contributed by atoms with E-state index in [1.807, 2.05) is 29.6 Å². The molecule has 19 heavy (non-hydrogen) atoms. The normalized spacial score (nSPS) is 10.3. The number of hydrogen-bond donors (Lipinski definition) is 0. The van der Waals surface area contributed by atoms with E-state index in [-0.39, 0.29) is 5.78 Å². The SMILES string of the molecule is COc1ccc(CC(=O)c2csc(I)c2)cc1OC. The highest BCUT2D eigenvalue weighted by Crippen LogP contribution is 2.28. The van der Waals surface area contributed by atoms with Gasteiger partial charge in [-0.25, -0.2) is 0 Å². The lowest BCUT2D eigenvalue weighted by atomic mass is 10.0. The van der Waals surface area contributed by atoms with Gasteiger partial charge in [0, 0.05) is 17.4 Å². The highest BCUT2D eigenvalue weighted by molar-refractivity contribution is 14.1. The Kier molecular flexibility index (Phi) is 4.81. The molecule has 0 radical (unpaired) electrons. The average Bonchev–Trinajstić information content (AvgIpc) is 2.85. The zero-order valence-electron chi connectivity index (χ0n) is 10.6. The van der Waals surface area contributed by atoms with Gasteiger partial charge in [-0.3, -0.25) is 4.79 Å². The van der Waals surface area contributed by atoms with Crippen LogP contribution >= 0.6 is 33.9 Å². The van der Waals surface area contributed by atoms with E-state index in [4.69, 9.17) is 9.47 Å². The largest absolute Gasteiger partial charge is 0.493 e. The van der Waals surface area contributed by atoms with Crippen LogP contribution in [0, 0.1) is 2.88 Å². The van der Waals surface area contributed by atoms with Crippen LogP contribution in [-0.2, 0) is 6.42 Å². The van der Waals surface area contributed by atoms with Crippen LogP contribution in [0.5, 0.6) is 11.5 Å². The first-order valence-corrected chi connectivity index (χ1v) is 7.58. The molecule has 0 N–H and O–H groups in total. The van der Waals surface area contributed by atoms with Crippen LogP contribution in [0.15, 0.2) is 29.6 Å². The number of carbonyl (C=O) groups is 1. The number of Topliss-reactive ketones (excluding diaryl/α,β-unsaturated/α-hetero) is 1. The summed E-state index contributed by atoms with van der Waals surface area (Å²) in [6.07, 6.45) is 0.368. The summed E-state index contributed by atoms with van der Waals surface area (Å²) in [4.78, 5) is 12.1. The first-order valence-electron chi connectivity index (χ1n) is 5.62.